The van der Waals surface area contributed by atoms with Gasteiger partial charge in [0, 0.05) is 67.5 Å². The van der Waals surface area contributed by atoms with Crippen molar-refractivity contribution in [2.45, 2.75) is 39.8 Å². The molecule has 0 aliphatic carbocycles. The Morgan fingerprint density at radius 3 is 2.58 bits per heavy atom. The largest absolute Gasteiger partial charge is 0.368 e. The number of nitrogens with zero attached hydrogens (tertiary/aromatic N) is 5. The van der Waals surface area contributed by atoms with Crippen LogP contribution in [0.5, 0.6) is 0 Å². The number of hydrogen-bond acceptors (Lipinski definition) is 6. The number of rotatable bonds is 3. The Bertz CT molecular complexity index is 1380. The summed E-state index contributed by atoms with van der Waals surface area (Å²) in [5.74, 6) is -0.0682. The van der Waals surface area contributed by atoms with Gasteiger partial charge in [0.05, 0.1) is 5.52 Å². The summed E-state index contributed by atoms with van der Waals surface area (Å²) in [6, 6.07) is 8.14. The second-order valence-electron chi connectivity index (χ2n) is 9.13. The number of benzene rings is 2. The molecule has 4 aromatic rings. The van der Waals surface area contributed by atoms with Crippen molar-refractivity contribution in [3.63, 3.8) is 0 Å². The van der Waals surface area contributed by atoms with E-state index in [2.05, 4.69) is 45.6 Å². The molecule has 2 atom stereocenters. The minimum absolute atomic E-state index is 0.180. The highest BCUT2D eigenvalue weighted by Crippen LogP contribution is 2.34. The Morgan fingerprint density at radius 1 is 1.15 bits per heavy atom. The first-order chi connectivity index (χ1) is 15.7. The Hall–Kier alpha value is -3.46. The number of anilines is 3. The van der Waals surface area contributed by atoms with Crippen LogP contribution in [0.3, 0.4) is 0 Å². The highest BCUT2D eigenvalue weighted by molar-refractivity contribution is 6.01. The Kier molecular flexibility index (Phi) is 5.08. The summed E-state index contributed by atoms with van der Waals surface area (Å²) in [5, 5.41) is 17.0. The molecule has 2 aromatic heterocycles. The van der Waals surface area contributed by atoms with Crippen LogP contribution in [0.4, 0.5) is 21.6 Å². The zero-order valence-corrected chi connectivity index (χ0v) is 19.5. The molecular weight excluding hydrogens is 421 g/mol. The van der Waals surface area contributed by atoms with E-state index in [0.29, 0.717) is 34.5 Å². The lowest BCUT2D eigenvalue weighted by atomic mass is 10.1. The first-order valence-corrected chi connectivity index (χ1v) is 11.1. The molecule has 8 nitrogen and oxygen atoms in total. The van der Waals surface area contributed by atoms with Gasteiger partial charge < -0.3 is 15.5 Å². The van der Waals surface area contributed by atoms with Crippen LogP contribution < -0.4 is 15.5 Å². The fourth-order valence-electron chi connectivity index (χ4n) is 4.90. The molecule has 2 N–H and O–H groups in total. The first kappa shape index (κ1) is 21.4. The monoisotopic (exact) mass is 449 g/mol. The number of fused-ring (bicyclic) bond motifs is 2. The van der Waals surface area contributed by atoms with Gasteiger partial charge in [-0.2, -0.15) is 9.78 Å². The average molecular weight is 450 g/mol. The highest BCUT2D eigenvalue weighted by Gasteiger charge is 2.24. The van der Waals surface area contributed by atoms with E-state index < -0.39 is 5.82 Å². The van der Waals surface area contributed by atoms with Gasteiger partial charge in [0.2, 0.25) is 5.91 Å². The third kappa shape index (κ3) is 3.82. The minimum Gasteiger partial charge on any atom is -0.368 e. The Labute approximate surface area is 191 Å². The maximum atomic E-state index is 14.6. The lowest BCUT2D eigenvalue weighted by Crippen LogP contribution is -2.54. The second kappa shape index (κ2) is 7.84. The predicted molar refractivity (Wildman–Crippen MR) is 129 cm³/mol. The maximum absolute atomic E-state index is 14.6. The standard InChI is InChI=1S/C24H28FN7O/c1-13-6-19(31-10-14(2)26-15(3)11-31)9-21-22(13)24(29-32(21)16(4)33)27-18-7-17-12-30(5)28-23(17)20(25)8-18/h6-9,12,14-15,26H,10-11H2,1-5H3,(H,27,29)/t14-,15-/m0/s1. The molecule has 0 spiro atoms. The van der Waals surface area contributed by atoms with Crippen LogP contribution >= 0.6 is 0 Å². The normalized spacial score (nSPS) is 18.9. The third-order valence-corrected chi connectivity index (χ3v) is 6.12. The van der Waals surface area contributed by atoms with Gasteiger partial charge in [0.25, 0.3) is 0 Å². The van der Waals surface area contributed by atoms with E-state index in [0.717, 1.165) is 35.2 Å². The molecule has 9 heteroatoms. The summed E-state index contributed by atoms with van der Waals surface area (Å²) in [4.78, 5) is 14.8. The molecule has 0 radical (unpaired) electrons. The predicted octanol–water partition coefficient (Wildman–Crippen LogP) is 3.96. The van der Waals surface area contributed by atoms with E-state index in [-0.39, 0.29) is 5.91 Å². The summed E-state index contributed by atoms with van der Waals surface area (Å²) in [6.07, 6.45) is 1.77. The van der Waals surface area contributed by atoms with Crippen molar-refractivity contribution < 1.29 is 9.18 Å². The van der Waals surface area contributed by atoms with Crippen LogP contribution in [0, 0.1) is 12.7 Å². The molecule has 0 amide bonds. The molecule has 1 aliphatic heterocycles. The molecule has 1 fully saturated rings. The molecule has 172 valence electrons. The van der Waals surface area contributed by atoms with Gasteiger partial charge in [-0.05, 0) is 50.6 Å². The van der Waals surface area contributed by atoms with Crippen molar-refractivity contribution in [1.82, 2.24) is 24.9 Å². The molecular formula is C24H28FN7O. The van der Waals surface area contributed by atoms with Gasteiger partial charge in [0.15, 0.2) is 11.6 Å². The van der Waals surface area contributed by atoms with Crippen LogP contribution in [-0.4, -0.2) is 50.6 Å². The molecule has 2 aromatic carbocycles. The van der Waals surface area contributed by atoms with E-state index in [1.54, 1.807) is 17.9 Å². The summed E-state index contributed by atoms with van der Waals surface area (Å²) < 4.78 is 17.6. The summed E-state index contributed by atoms with van der Waals surface area (Å²) >= 11 is 0. The van der Waals surface area contributed by atoms with Crippen molar-refractivity contribution in [2.75, 3.05) is 23.3 Å². The van der Waals surface area contributed by atoms with Gasteiger partial charge in [0.1, 0.15) is 5.52 Å². The fourth-order valence-corrected chi connectivity index (χ4v) is 4.90. The van der Waals surface area contributed by atoms with Crippen LogP contribution in [0.2, 0.25) is 0 Å². The third-order valence-electron chi connectivity index (χ3n) is 6.12. The maximum Gasteiger partial charge on any atom is 0.244 e. The van der Waals surface area contributed by atoms with Gasteiger partial charge in [-0.3, -0.25) is 9.48 Å². The number of hydrogen-bond donors (Lipinski definition) is 2. The molecule has 0 bridgehead atoms. The first-order valence-electron chi connectivity index (χ1n) is 11.1. The molecule has 1 aliphatic rings. The lowest BCUT2D eigenvalue weighted by Gasteiger charge is -2.37. The van der Waals surface area contributed by atoms with Crippen LogP contribution in [0.15, 0.2) is 30.5 Å². The Balaban J connectivity index is 1.59. The Morgan fingerprint density at radius 2 is 1.88 bits per heavy atom. The topological polar surface area (TPSA) is 80.0 Å². The highest BCUT2D eigenvalue weighted by atomic mass is 19.1. The average Bonchev–Trinajstić information content (AvgIpc) is 3.28. The molecule has 1 saturated heterocycles. The van der Waals surface area contributed by atoms with Crippen LogP contribution in [0.25, 0.3) is 21.8 Å². The van der Waals surface area contributed by atoms with Gasteiger partial charge >= 0.3 is 0 Å². The van der Waals surface area contributed by atoms with Crippen molar-refractivity contribution in [2.24, 2.45) is 7.05 Å². The quantitative estimate of drug-likeness (QED) is 0.493. The van der Waals surface area contributed by atoms with Crippen molar-refractivity contribution in [1.29, 1.82) is 0 Å². The summed E-state index contributed by atoms with van der Waals surface area (Å²) in [5.41, 5.74) is 3.68. The van der Waals surface area contributed by atoms with E-state index in [4.69, 9.17) is 0 Å². The van der Waals surface area contributed by atoms with Crippen LogP contribution in [0.1, 0.15) is 31.1 Å². The molecule has 0 unspecified atom stereocenters. The molecule has 5 rings (SSSR count). The summed E-state index contributed by atoms with van der Waals surface area (Å²) in [7, 11) is 1.76. The van der Waals surface area contributed by atoms with Gasteiger partial charge in [-0.25, -0.2) is 4.39 Å². The number of aromatic nitrogens is 4. The van der Waals surface area contributed by atoms with Crippen molar-refractivity contribution >= 4 is 44.9 Å². The molecule has 3 heterocycles. The van der Waals surface area contributed by atoms with Gasteiger partial charge in [-0.15, -0.1) is 5.10 Å². The smallest absolute Gasteiger partial charge is 0.244 e. The number of carbonyl (C=O) groups excluding carboxylic acids is 1. The van der Waals surface area contributed by atoms with Crippen molar-refractivity contribution in [3.05, 3.63) is 41.8 Å². The minimum atomic E-state index is -0.410. The van der Waals surface area contributed by atoms with Crippen molar-refractivity contribution in [3.8, 4) is 0 Å². The zero-order valence-electron chi connectivity index (χ0n) is 19.5. The number of aryl methyl sites for hydroxylation is 2. The van der Waals surface area contributed by atoms with E-state index in [9.17, 15) is 9.18 Å². The number of nitrogens with one attached hydrogen (secondary N) is 2. The van der Waals surface area contributed by atoms with E-state index >= 15 is 0 Å². The SMILES string of the molecule is CC(=O)n1nc(Nc2cc(F)c3nn(C)cc3c2)c2c(C)cc(N3C[C@H](C)N[C@@H](C)C3)cc21. The zero-order chi connectivity index (χ0) is 23.4. The van der Waals surface area contributed by atoms with E-state index in [1.807, 2.05) is 19.1 Å². The fraction of sp³-hybridized carbons (Fsp3) is 0.375. The number of carbonyl (C=O) groups is 1. The van der Waals surface area contributed by atoms with Crippen LogP contribution in [-0.2, 0) is 7.05 Å². The number of halogens is 1. The van der Waals surface area contributed by atoms with E-state index in [1.165, 1.54) is 17.7 Å². The molecule has 0 saturated carbocycles. The number of piperazine rings is 1. The molecule has 33 heavy (non-hydrogen) atoms. The second-order valence-corrected chi connectivity index (χ2v) is 9.13. The lowest BCUT2D eigenvalue weighted by molar-refractivity contribution is 0.0927. The van der Waals surface area contributed by atoms with Gasteiger partial charge in [-0.1, -0.05) is 0 Å². The summed E-state index contributed by atoms with van der Waals surface area (Å²) in [6.45, 7) is 9.64.